The molecule has 2 aliphatic rings. The van der Waals surface area contributed by atoms with Crippen LogP contribution in [-0.4, -0.2) is 48.2 Å². The van der Waals surface area contributed by atoms with Crippen molar-refractivity contribution in [1.82, 2.24) is 4.90 Å². The van der Waals surface area contributed by atoms with Crippen LogP contribution in [0.25, 0.3) is 0 Å². The van der Waals surface area contributed by atoms with Gasteiger partial charge in [-0.05, 0) is 12.8 Å². The summed E-state index contributed by atoms with van der Waals surface area (Å²) in [6.45, 7) is 2.24. The smallest absolute Gasteiger partial charge is 0.307 e. The Morgan fingerprint density at radius 2 is 1.71 bits per heavy atom. The van der Waals surface area contributed by atoms with Gasteiger partial charge in [-0.15, -0.1) is 0 Å². The fourth-order valence-electron chi connectivity index (χ4n) is 2.38. The van der Waals surface area contributed by atoms with Crippen LogP contribution in [0.15, 0.2) is 12.2 Å². The number of carboxylic acid groups (broad SMARTS) is 1. The molecule has 2 rings (SSSR count). The summed E-state index contributed by atoms with van der Waals surface area (Å²) in [7, 11) is 0. The van der Waals surface area contributed by atoms with Crippen LogP contribution in [0.3, 0.4) is 0 Å². The first kappa shape index (κ1) is 12.1. The number of hydrogen-bond donors (Lipinski definition) is 1. The first-order valence-corrected chi connectivity index (χ1v) is 5.94. The molecular weight excluding hydrogens is 222 g/mol. The average Bonchev–Trinajstić information content (AvgIpc) is 2.39. The van der Waals surface area contributed by atoms with Gasteiger partial charge in [0.1, 0.15) is 0 Å². The third-order valence-corrected chi connectivity index (χ3v) is 3.39. The van der Waals surface area contributed by atoms with E-state index in [1.807, 2.05) is 12.2 Å². The highest BCUT2D eigenvalue weighted by atomic mass is 16.5. The SMILES string of the molecule is O=C(O)[C@H]1CC=CC[C@@H]1C(=O)N1CCOCC1. The number of morpholine rings is 1. The molecule has 1 N–H and O–H groups in total. The van der Waals surface area contributed by atoms with Gasteiger partial charge in [0.25, 0.3) is 0 Å². The molecule has 1 aliphatic carbocycles. The normalized spacial score (nSPS) is 29.1. The highest BCUT2D eigenvalue weighted by Gasteiger charge is 2.36. The van der Waals surface area contributed by atoms with Gasteiger partial charge in [0.2, 0.25) is 5.91 Å². The number of aliphatic carboxylic acids is 1. The van der Waals surface area contributed by atoms with Crippen molar-refractivity contribution in [2.45, 2.75) is 12.8 Å². The molecule has 94 valence electrons. The van der Waals surface area contributed by atoms with E-state index in [-0.39, 0.29) is 5.91 Å². The molecule has 1 amide bonds. The van der Waals surface area contributed by atoms with Crippen molar-refractivity contribution in [1.29, 1.82) is 0 Å². The maximum Gasteiger partial charge on any atom is 0.307 e. The molecule has 5 heteroatoms. The topological polar surface area (TPSA) is 66.8 Å². The zero-order chi connectivity index (χ0) is 12.3. The Morgan fingerprint density at radius 1 is 1.12 bits per heavy atom. The van der Waals surface area contributed by atoms with Crippen molar-refractivity contribution >= 4 is 11.9 Å². The highest BCUT2D eigenvalue weighted by molar-refractivity contribution is 5.85. The van der Waals surface area contributed by atoms with E-state index in [9.17, 15) is 9.59 Å². The Balaban J connectivity index is 2.05. The molecule has 0 spiro atoms. The lowest BCUT2D eigenvalue weighted by atomic mass is 9.82. The number of rotatable bonds is 2. The summed E-state index contributed by atoms with van der Waals surface area (Å²) in [6.07, 6.45) is 4.74. The third-order valence-electron chi connectivity index (χ3n) is 3.39. The molecule has 1 fully saturated rings. The van der Waals surface area contributed by atoms with Crippen LogP contribution in [0.4, 0.5) is 0 Å². The van der Waals surface area contributed by atoms with Gasteiger partial charge in [0.05, 0.1) is 25.0 Å². The maximum absolute atomic E-state index is 12.2. The van der Waals surface area contributed by atoms with Crippen LogP contribution in [0.2, 0.25) is 0 Å². The van der Waals surface area contributed by atoms with Crippen LogP contribution >= 0.6 is 0 Å². The summed E-state index contributed by atoms with van der Waals surface area (Å²) in [6, 6.07) is 0. The molecule has 2 atom stereocenters. The number of carboxylic acids is 1. The molecule has 0 aromatic carbocycles. The van der Waals surface area contributed by atoms with Crippen LogP contribution in [0.1, 0.15) is 12.8 Å². The predicted molar refractivity (Wildman–Crippen MR) is 60.4 cm³/mol. The Hall–Kier alpha value is -1.36. The average molecular weight is 239 g/mol. The van der Waals surface area contributed by atoms with E-state index in [0.29, 0.717) is 39.1 Å². The lowest BCUT2D eigenvalue weighted by Crippen LogP contribution is -2.46. The second kappa shape index (κ2) is 5.31. The molecule has 1 saturated heterocycles. The zero-order valence-corrected chi connectivity index (χ0v) is 9.67. The summed E-state index contributed by atoms with van der Waals surface area (Å²) >= 11 is 0. The minimum absolute atomic E-state index is 0.0370. The number of carbonyl (C=O) groups excluding carboxylic acids is 1. The maximum atomic E-state index is 12.2. The summed E-state index contributed by atoms with van der Waals surface area (Å²) in [5.74, 6) is -1.89. The lowest BCUT2D eigenvalue weighted by molar-refractivity contribution is -0.152. The van der Waals surface area contributed by atoms with Gasteiger partial charge in [0.15, 0.2) is 0 Å². The molecule has 0 aromatic rings. The molecule has 0 saturated carbocycles. The predicted octanol–water partition coefficient (Wildman–Crippen LogP) is 0.512. The number of ether oxygens (including phenoxy) is 1. The zero-order valence-electron chi connectivity index (χ0n) is 9.67. The van der Waals surface area contributed by atoms with Crippen LogP contribution in [0.5, 0.6) is 0 Å². The Labute approximate surface area is 100 Å². The molecule has 0 aromatic heterocycles. The van der Waals surface area contributed by atoms with E-state index in [2.05, 4.69) is 0 Å². The third kappa shape index (κ3) is 2.66. The number of hydrogen-bond acceptors (Lipinski definition) is 3. The molecule has 1 heterocycles. The fraction of sp³-hybridized carbons (Fsp3) is 0.667. The molecule has 0 radical (unpaired) electrons. The van der Waals surface area contributed by atoms with Crippen LogP contribution in [-0.2, 0) is 14.3 Å². The lowest BCUT2D eigenvalue weighted by Gasteiger charge is -2.33. The first-order chi connectivity index (χ1) is 8.20. The molecule has 5 nitrogen and oxygen atoms in total. The molecule has 17 heavy (non-hydrogen) atoms. The van der Waals surface area contributed by atoms with Gasteiger partial charge < -0.3 is 14.7 Å². The van der Waals surface area contributed by atoms with Crippen molar-refractivity contribution < 1.29 is 19.4 Å². The Kier molecular flexibility index (Phi) is 3.78. The van der Waals surface area contributed by atoms with E-state index >= 15 is 0 Å². The van der Waals surface area contributed by atoms with E-state index < -0.39 is 17.8 Å². The standard InChI is InChI=1S/C12H17NO4/c14-11(13-5-7-17-8-6-13)9-3-1-2-4-10(9)12(15)16/h1-2,9-10H,3-8H2,(H,15,16)/t9-,10-/m0/s1. The first-order valence-electron chi connectivity index (χ1n) is 5.94. The van der Waals surface area contributed by atoms with Crippen molar-refractivity contribution in [2.24, 2.45) is 11.8 Å². The van der Waals surface area contributed by atoms with E-state index in [0.717, 1.165) is 0 Å². The number of nitrogens with zero attached hydrogens (tertiary/aromatic N) is 1. The van der Waals surface area contributed by atoms with Crippen LogP contribution in [0, 0.1) is 11.8 Å². The monoisotopic (exact) mass is 239 g/mol. The summed E-state index contributed by atoms with van der Waals surface area (Å²) in [4.78, 5) is 25.1. The minimum Gasteiger partial charge on any atom is -0.481 e. The highest BCUT2D eigenvalue weighted by Crippen LogP contribution is 2.27. The second-order valence-corrected chi connectivity index (χ2v) is 4.43. The largest absolute Gasteiger partial charge is 0.481 e. The fourth-order valence-corrected chi connectivity index (χ4v) is 2.38. The second-order valence-electron chi connectivity index (χ2n) is 4.43. The van der Waals surface area contributed by atoms with E-state index in [1.165, 1.54) is 0 Å². The van der Waals surface area contributed by atoms with Crippen molar-refractivity contribution in [3.8, 4) is 0 Å². The van der Waals surface area contributed by atoms with Gasteiger partial charge in [-0.25, -0.2) is 0 Å². The molecule has 0 bridgehead atoms. The Morgan fingerprint density at radius 3 is 2.29 bits per heavy atom. The van der Waals surface area contributed by atoms with E-state index in [1.54, 1.807) is 4.90 Å². The van der Waals surface area contributed by atoms with Crippen molar-refractivity contribution in [2.75, 3.05) is 26.3 Å². The number of carbonyl (C=O) groups is 2. The number of allylic oxidation sites excluding steroid dienone is 2. The number of amides is 1. The van der Waals surface area contributed by atoms with Crippen molar-refractivity contribution in [3.63, 3.8) is 0 Å². The summed E-state index contributed by atoms with van der Waals surface area (Å²) < 4.78 is 5.19. The summed E-state index contributed by atoms with van der Waals surface area (Å²) in [5, 5.41) is 9.13. The molecule has 0 unspecified atom stereocenters. The van der Waals surface area contributed by atoms with Crippen LogP contribution < -0.4 is 0 Å². The van der Waals surface area contributed by atoms with Gasteiger partial charge in [-0.3, -0.25) is 9.59 Å². The molecule has 1 aliphatic heterocycles. The van der Waals surface area contributed by atoms with Gasteiger partial charge in [0, 0.05) is 13.1 Å². The van der Waals surface area contributed by atoms with Crippen molar-refractivity contribution in [3.05, 3.63) is 12.2 Å². The molecular formula is C12H17NO4. The minimum atomic E-state index is -0.874. The quantitative estimate of drug-likeness (QED) is 0.713. The van der Waals surface area contributed by atoms with Gasteiger partial charge in [-0.1, -0.05) is 12.2 Å². The summed E-state index contributed by atoms with van der Waals surface area (Å²) in [5.41, 5.74) is 0. The van der Waals surface area contributed by atoms with Gasteiger partial charge >= 0.3 is 5.97 Å². The van der Waals surface area contributed by atoms with E-state index in [4.69, 9.17) is 9.84 Å². The van der Waals surface area contributed by atoms with Gasteiger partial charge in [-0.2, -0.15) is 0 Å². The Bertz CT molecular complexity index is 333.